The molecule has 7 nitrogen and oxygen atoms in total. The normalized spacial score (nSPS) is 12.9. The number of hydrogen-bond donors (Lipinski definition) is 2. The van der Waals surface area contributed by atoms with Gasteiger partial charge < -0.3 is 0 Å². The van der Waals surface area contributed by atoms with Crippen LogP contribution in [0, 0.1) is 10.1 Å². The van der Waals surface area contributed by atoms with Gasteiger partial charge in [0.1, 0.15) is 23.5 Å². The van der Waals surface area contributed by atoms with Crippen molar-refractivity contribution in [3.8, 4) is 0 Å². The van der Waals surface area contributed by atoms with E-state index in [1.54, 1.807) is 26.9 Å². The largest absolute Gasteiger partial charge is 0.341 e. The van der Waals surface area contributed by atoms with Crippen LogP contribution in [-0.2, 0) is 9.09 Å². The summed E-state index contributed by atoms with van der Waals surface area (Å²) in [4.78, 5) is 10.5. The van der Waals surface area contributed by atoms with Gasteiger partial charge in [-0.3, -0.25) is 19.2 Å². The summed E-state index contributed by atoms with van der Waals surface area (Å²) in [5.41, 5.74) is 1.38. The van der Waals surface area contributed by atoms with Gasteiger partial charge in [-0.05, 0) is 37.1 Å². The molecule has 0 amide bonds. The molecule has 0 saturated carbocycles. The average molecular weight is 337 g/mol. The van der Waals surface area contributed by atoms with Gasteiger partial charge in [0.2, 0.25) is 0 Å². The molecule has 0 saturated heterocycles. The molecule has 11 heteroatoms. The molecule has 1 aromatic carbocycles. The number of nitro benzene ring substituents is 1. The third kappa shape index (κ3) is 6.14. The van der Waals surface area contributed by atoms with Crippen molar-refractivity contribution in [2.45, 2.75) is 25.7 Å². The molecule has 0 radical (unpaired) electrons. The summed E-state index contributed by atoms with van der Waals surface area (Å²) in [6.07, 6.45) is 1.23. The van der Waals surface area contributed by atoms with E-state index in [0.717, 1.165) is 18.2 Å². The highest BCUT2D eigenvalue weighted by molar-refractivity contribution is 7.54. The van der Waals surface area contributed by atoms with E-state index < -0.39 is 18.7 Å². The minimum Gasteiger partial charge on any atom is -0.298 e. The predicted octanol–water partition coefficient (Wildman–Crippen LogP) is -0.679. The number of nitro groups is 1. The quantitative estimate of drug-likeness (QED) is 0.254. The van der Waals surface area contributed by atoms with Gasteiger partial charge >= 0.3 is 7.67 Å². The van der Waals surface area contributed by atoms with E-state index in [1.807, 2.05) is 15.7 Å². The number of nitrogens with zero attached hydrogens (tertiary/aromatic N) is 1. The molecule has 0 spiro atoms. The summed E-state index contributed by atoms with van der Waals surface area (Å²) < 4.78 is 18.6. The molecule has 1 aromatic rings. The lowest BCUT2D eigenvalue weighted by molar-refractivity contribution is -0.383. The Morgan fingerprint density at radius 3 is 2.30 bits per heavy atom. The van der Waals surface area contributed by atoms with E-state index in [0.29, 0.717) is 18.6 Å². The Labute approximate surface area is 139 Å². The molecule has 0 bridgehead atoms. The standard InChI is InChI=1S/C12H23B3N3O4P/c1-9(10-2-3-12(18(19)20)11(15)8-10)22-23(21,16-6-4-13)17-7-5-14/h2-3,8-9H,4-7,13-15H2,1H3,(H2,16,17,21). The Kier molecular flexibility index (Phi) is 8.05. The highest BCUT2D eigenvalue weighted by Gasteiger charge is 2.25. The fourth-order valence-electron chi connectivity index (χ4n) is 2.07. The van der Waals surface area contributed by atoms with E-state index in [9.17, 15) is 14.7 Å². The van der Waals surface area contributed by atoms with Crippen LogP contribution in [0.3, 0.4) is 0 Å². The van der Waals surface area contributed by atoms with Crippen molar-refractivity contribution in [1.29, 1.82) is 0 Å². The highest BCUT2D eigenvalue weighted by atomic mass is 31.2. The van der Waals surface area contributed by atoms with Crippen LogP contribution in [0.4, 0.5) is 5.69 Å². The molecule has 124 valence electrons. The van der Waals surface area contributed by atoms with Crippen molar-refractivity contribution >= 4 is 42.4 Å². The molecule has 0 aliphatic carbocycles. The summed E-state index contributed by atoms with van der Waals surface area (Å²) in [5.74, 6) is 0. The van der Waals surface area contributed by atoms with Gasteiger partial charge in [0.15, 0.2) is 0 Å². The Hall–Kier alpha value is -1.08. The highest BCUT2D eigenvalue weighted by Crippen LogP contribution is 2.42. The van der Waals surface area contributed by atoms with Gasteiger partial charge in [-0.25, -0.2) is 10.2 Å². The van der Waals surface area contributed by atoms with E-state index in [2.05, 4.69) is 10.2 Å². The zero-order chi connectivity index (χ0) is 17.5. The third-order valence-electron chi connectivity index (χ3n) is 3.33. The average Bonchev–Trinajstić information content (AvgIpc) is 2.50. The van der Waals surface area contributed by atoms with Gasteiger partial charge in [-0.2, -0.15) is 0 Å². The van der Waals surface area contributed by atoms with Crippen molar-refractivity contribution in [1.82, 2.24) is 10.2 Å². The molecule has 1 unspecified atom stereocenters. The van der Waals surface area contributed by atoms with Crippen molar-refractivity contribution in [3.05, 3.63) is 33.9 Å². The molecule has 0 aliphatic rings. The molecule has 1 atom stereocenters. The van der Waals surface area contributed by atoms with Crippen LogP contribution >= 0.6 is 7.67 Å². The van der Waals surface area contributed by atoms with E-state index in [4.69, 9.17) is 4.52 Å². The Morgan fingerprint density at radius 2 is 1.87 bits per heavy atom. The number of rotatable bonds is 10. The summed E-state index contributed by atoms with van der Waals surface area (Å²) in [5, 5.41) is 16.8. The van der Waals surface area contributed by atoms with E-state index in [1.165, 1.54) is 6.07 Å². The first-order valence-corrected chi connectivity index (χ1v) is 9.49. The summed E-state index contributed by atoms with van der Waals surface area (Å²) in [6, 6.07) is 4.79. The van der Waals surface area contributed by atoms with Gasteiger partial charge in [0.25, 0.3) is 5.69 Å². The van der Waals surface area contributed by atoms with Crippen molar-refractivity contribution in [2.24, 2.45) is 0 Å². The van der Waals surface area contributed by atoms with Crippen LogP contribution in [-0.4, -0.2) is 41.6 Å². The maximum atomic E-state index is 12.8. The number of nitrogens with one attached hydrogen (secondary N) is 2. The topological polar surface area (TPSA) is 93.5 Å². The van der Waals surface area contributed by atoms with Gasteiger partial charge in [-0.1, -0.05) is 18.7 Å². The Balaban J connectivity index is 2.89. The lowest BCUT2D eigenvalue weighted by atomic mass is 9.91. The van der Waals surface area contributed by atoms with E-state index >= 15 is 0 Å². The first kappa shape index (κ1) is 20.0. The Morgan fingerprint density at radius 1 is 1.30 bits per heavy atom. The zero-order valence-corrected chi connectivity index (χ0v) is 15.1. The van der Waals surface area contributed by atoms with Gasteiger partial charge in [-0.15, -0.1) is 0 Å². The molecule has 1 rings (SSSR count). The van der Waals surface area contributed by atoms with Gasteiger partial charge in [0, 0.05) is 6.07 Å². The fraction of sp³-hybridized carbons (Fsp3) is 0.500. The monoisotopic (exact) mass is 337 g/mol. The molecule has 23 heavy (non-hydrogen) atoms. The Bertz CT molecular complexity index is 579. The second kappa shape index (κ2) is 9.28. The summed E-state index contributed by atoms with van der Waals surface area (Å²) >= 11 is 0. The molecule has 2 N–H and O–H groups in total. The van der Waals surface area contributed by atoms with Gasteiger partial charge in [0.05, 0.1) is 11.0 Å². The number of benzene rings is 1. The second-order valence-electron chi connectivity index (χ2n) is 5.42. The second-order valence-corrected chi connectivity index (χ2v) is 7.36. The van der Waals surface area contributed by atoms with Crippen LogP contribution in [0.2, 0.25) is 12.6 Å². The molecule has 0 fully saturated rings. The minimum atomic E-state index is -3.15. The first-order valence-electron chi connectivity index (χ1n) is 7.86. The predicted molar refractivity (Wildman–Crippen MR) is 101 cm³/mol. The van der Waals surface area contributed by atoms with Crippen LogP contribution in [0.25, 0.3) is 0 Å². The van der Waals surface area contributed by atoms with Crippen LogP contribution in [0.15, 0.2) is 18.2 Å². The SMILES string of the molecule is BCCNP(=O)(NCCB)OC(C)c1ccc([N+](=O)[O-])c(B)c1. The van der Waals surface area contributed by atoms with Crippen LogP contribution in [0.1, 0.15) is 18.6 Å². The minimum absolute atomic E-state index is 0.0670. The zero-order valence-electron chi connectivity index (χ0n) is 14.2. The van der Waals surface area contributed by atoms with Crippen molar-refractivity contribution in [2.75, 3.05) is 13.1 Å². The van der Waals surface area contributed by atoms with Crippen LogP contribution < -0.4 is 15.6 Å². The smallest absolute Gasteiger partial charge is 0.298 e. The molecule has 0 aromatic heterocycles. The first-order chi connectivity index (χ1) is 10.8. The van der Waals surface area contributed by atoms with E-state index in [-0.39, 0.29) is 5.69 Å². The lowest BCUT2D eigenvalue weighted by Crippen LogP contribution is -2.26. The third-order valence-corrected chi connectivity index (χ3v) is 5.23. The summed E-state index contributed by atoms with van der Waals surface area (Å²) in [7, 11) is 2.50. The van der Waals surface area contributed by atoms with Crippen LogP contribution in [0.5, 0.6) is 0 Å². The molecule has 0 heterocycles. The molecular weight excluding hydrogens is 314 g/mol. The fourth-order valence-corrected chi connectivity index (χ4v) is 3.93. The molecular formula is C12H23B3N3O4P. The van der Waals surface area contributed by atoms with Crippen molar-refractivity contribution < 1.29 is 14.0 Å². The summed E-state index contributed by atoms with van der Waals surface area (Å²) in [6.45, 7) is 2.95. The van der Waals surface area contributed by atoms with Crippen molar-refractivity contribution in [3.63, 3.8) is 0 Å². The molecule has 0 aliphatic heterocycles. The maximum Gasteiger partial charge on any atom is 0.341 e. The lowest BCUT2D eigenvalue weighted by Gasteiger charge is -2.24. The number of hydrogen-bond acceptors (Lipinski definition) is 4. The maximum absolute atomic E-state index is 12.8.